The normalized spacial score (nSPS) is 11.9. The van der Waals surface area contributed by atoms with E-state index in [0.717, 1.165) is 11.7 Å². The fourth-order valence-electron chi connectivity index (χ4n) is 1.60. The lowest BCUT2D eigenvalue weighted by Crippen LogP contribution is -2.14. The Hall–Kier alpha value is -1.71. The van der Waals surface area contributed by atoms with Crippen LogP contribution in [0.4, 0.5) is 5.82 Å². The summed E-state index contributed by atoms with van der Waals surface area (Å²) in [4.78, 5) is 0.0143. The summed E-state index contributed by atoms with van der Waals surface area (Å²) in [5.74, 6) is 0.280. The lowest BCUT2D eigenvalue weighted by Gasteiger charge is -2.05. The summed E-state index contributed by atoms with van der Waals surface area (Å²) in [5.41, 5.74) is 0.821. The van der Waals surface area contributed by atoms with Gasteiger partial charge in [-0.25, -0.2) is 8.42 Å². The lowest BCUT2D eigenvalue weighted by molar-refractivity contribution is 0.400. The minimum absolute atomic E-state index is 0.0143. The van der Waals surface area contributed by atoms with Crippen LogP contribution in [-0.4, -0.2) is 22.3 Å². The number of nitrogens with zero attached hydrogens (tertiary/aromatic N) is 3. The first-order chi connectivity index (χ1) is 9.49. The highest BCUT2D eigenvalue weighted by molar-refractivity contribution is 7.93. The monoisotopic (exact) mass is 330 g/mol. The third kappa shape index (κ3) is 2.13. The number of anilines is 1. The molecule has 3 rings (SSSR count). The molecule has 0 bridgehead atoms. The first-order valence-electron chi connectivity index (χ1n) is 5.35. The van der Waals surface area contributed by atoms with Crippen molar-refractivity contribution in [3.63, 3.8) is 0 Å². The number of benzene rings is 1. The molecule has 0 radical (unpaired) electrons. The molecular weight excluding hydrogens is 324 g/mol. The summed E-state index contributed by atoms with van der Waals surface area (Å²) in [5, 5.41) is 3.69. The molecule has 0 aliphatic carbocycles. The average molecular weight is 331 g/mol. The summed E-state index contributed by atoms with van der Waals surface area (Å²) < 4.78 is 39.8. The predicted molar refractivity (Wildman–Crippen MR) is 74.5 cm³/mol. The molecule has 0 saturated carbocycles. The van der Waals surface area contributed by atoms with Gasteiger partial charge in [0, 0.05) is 0 Å². The van der Waals surface area contributed by atoms with Gasteiger partial charge in [-0.2, -0.15) is 8.75 Å². The zero-order valence-corrected chi connectivity index (χ0v) is 12.4. The van der Waals surface area contributed by atoms with E-state index in [2.05, 4.69) is 18.6 Å². The standard InChI is InChI=1S/C10H7ClN4O3S2/c1-5-8(11)10(12-18-5)15-20(16,17)7-4-2-3-6-9(7)14-19-13-6/h2-4H,1H3,(H,12,15). The molecule has 2 heterocycles. The average Bonchev–Trinajstić information content (AvgIpc) is 3.00. The van der Waals surface area contributed by atoms with Crippen molar-refractivity contribution in [3.05, 3.63) is 29.0 Å². The van der Waals surface area contributed by atoms with Crippen LogP contribution in [0, 0.1) is 6.92 Å². The summed E-state index contributed by atoms with van der Waals surface area (Å²) in [6, 6.07) is 4.71. The summed E-state index contributed by atoms with van der Waals surface area (Å²) in [6.07, 6.45) is 0. The minimum atomic E-state index is -3.87. The first-order valence-corrected chi connectivity index (χ1v) is 7.94. The second-order valence-corrected chi connectivity index (χ2v) is 6.45. The van der Waals surface area contributed by atoms with E-state index in [1.165, 1.54) is 6.07 Å². The van der Waals surface area contributed by atoms with Crippen LogP contribution in [0.3, 0.4) is 0 Å². The van der Waals surface area contributed by atoms with Crippen LogP contribution < -0.4 is 4.72 Å². The Labute approximate surface area is 122 Å². The van der Waals surface area contributed by atoms with Crippen LogP contribution in [0.25, 0.3) is 11.0 Å². The second kappa shape index (κ2) is 4.69. The molecule has 0 saturated heterocycles. The van der Waals surface area contributed by atoms with Crippen LogP contribution in [-0.2, 0) is 10.0 Å². The van der Waals surface area contributed by atoms with Crippen LogP contribution in [0.5, 0.6) is 0 Å². The predicted octanol–water partition coefficient (Wildman–Crippen LogP) is 2.44. The highest BCUT2D eigenvalue weighted by atomic mass is 35.5. The molecule has 104 valence electrons. The Morgan fingerprint density at radius 1 is 1.35 bits per heavy atom. The van der Waals surface area contributed by atoms with Crippen LogP contribution in [0.15, 0.2) is 27.6 Å². The van der Waals surface area contributed by atoms with Crippen molar-refractivity contribution in [3.8, 4) is 0 Å². The number of halogens is 1. The molecule has 7 nitrogen and oxygen atoms in total. The molecule has 2 aromatic heterocycles. The molecular formula is C10H7ClN4O3S2. The van der Waals surface area contributed by atoms with Gasteiger partial charge < -0.3 is 4.52 Å². The molecule has 0 unspecified atom stereocenters. The maximum atomic E-state index is 12.4. The van der Waals surface area contributed by atoms with Gasteiger partial charge in [0.05, 0.1) is 11.7 Å². The van der Waals surface area contributed by atoms with Crippen molar-refractivity contribution in [2.45, 2.75) is 11.8 Å². The van der Waals surface area contributed by atoms with E-state index in [1.807, 2.05) is 0 Å². The highest BCUT2D eigenvalue weighted by Gasteiger charge is 2.23. The number of rotatable bonds is 3. The number of hydrogen-bond donors (Lipinski definition) is 1. The van der Waals surface area contributed by atoms with Crippen LogP contribution in [0.1, 0.15) is 5.76 Å². The molecule has 0 aliphatic rings. The molecule has 10 heteroatoms. The van der Waals surface area contributed by atoms with Crippen molar-refractivity contribution in [2.24, 2.45) is 0 Å². The molecule has 0 fully saturated rings. The van der Waals surface area contributed by atoms with E-state index >= 15 is 0 Å². The van der Waals surface area contributed by atoms with Crippen molar-refractivity contribution in [1.29, 1.82) is 0 Å². The van der Waals surface area contributed by atoms with E-state index in [4.69, 9.17) is 16.1 Å². The third-order valence-electron chi connectivity index (χ3n) is 2.56. The van der Waals surface area contributed by atoms with E-state index in [1.54, 1.807) is 19.1 Å². The first kappa shape index (κ1) is 13.3. The highest BCUT2D eigenvalue weighted by Crippen LogP contribution is 2.28. The Bertz CT molecular complexity index is 887. The van der Waals surface area contributed by atoms with Gasteiger partial charge in [-0.05, 0) is 19.1 Å². The van der Waals surface area contributed by atoms with Gasteiger partial charge >= 0.3 is 0 Å². The van der Waals surface area contributed by atoms with Gasteiger partial charge in [-0.15, -0.1) is 0 Å². The van der Waals surface area contributed by atoms with E-state index < -0.39 is 10.0 Å². The van der Waals surface area contributed by atoms with Crippen molar-refractivity contribution < 1.29 is 12.9 Å². The smallest absolute Gasteiger partial charge is 0.265 e. The summed E-state index contributed by atoms with van der Waals surface area (Å²) >= 11 is 6.83. The summed E-state index contributed by atoms with van der Waals surface area (Å²) in [6.45, 7) is 1.58. The van der Waals surface area contributed by atoms with Crippen molar-refractivity contribution >= 4 is 50.2 Å². The maximum Gasteiger partial charge on any atom is 0.265 e. The molecule has 0 amide bonds. The third-order valence-corrected chi connectivity index (χ3v) is 4.92. The maximum absolute atomic E-state index is 12.4. The Morgan fingerprint density at radius 2 is 2.15 bits per heavy atom. The molecule has 3 aromatic rings. The topological polar surface area (TPSA) is 98.0 Å². The van der Waals surface area contributed by atoms with Gasteiger partial charge in [-0.3, -0.25) is 4.72 Å². The van der Waals surface area contributed by atoms with Gasteiger partial charge in [0.1, 0.15) is 21.0 Å². The van der Waals surface area contributed by atoms with Gasteiger partial charge in [0.25, 0.3) is 10.0 Å². The lowest BCUT2D eigenvalue weighted by atomic mass is 10.3. The van der Waals surface area contributed by atoms with Gasteiger partial charge in [0.15, 0.2) is 5.76 Å². The Kier molecular flexibility index (Phi) is 3.11. The van der Waals surface area contributed by atoms with Crippen LogP contribution >= 0.6 is 23.3 Å². The Morgan fingerprint density at radius 3 is 2.85 bits per heavy atom. The van der Waals surface area contributed by atoms with E-state index in [9.17, 15) is 8.42 Å². The zero-order valence-electron chi connectivity index (χ0n) is 9.99. The molecule has 0 spiro atoms. The fraction of sp³-hybridized carbons (Fsp3) is 0.100. The van der Waals surface area contributed by atoms with Gasteiger partial charge in [0.2, 0.25) is 5.82 Å². The molecule has 0 atom stereocenters. The fourth-order valence-corrected chi connectivity index (χ4v) is 3.55. The molecule has 1 aromatic carbocycles. The van der Waals surface area contributed by atoms with E-state index in [-0.39, 0.29) is 15.7 Å². The number of aromatic nitrogens is 3. The SMILES string of the molecule is Cc1onc(NS(=O)(=O)c2cccc3nsnc23)c1Cl. The number of sulfonamides is 1. The number of nitrogens with one attached hydrogen (secondary N) is 1. The van der Waals surface area contributed by atoms with Crippen molar-refractivity contribution in [2.75, 3.05) is 4.72 Å². The quantitative estimate of drug-likeness (QED) is 0.792. The minimum Gasteiger partial charge on any atom is -0.358 e. The second-order valence-electron chi connectivity index (χ2n) is 3.89. The molecule has 1 N–H and O–H groups in total. The van der Waals surface area contributed by atoms with E-state index in [0.29, 0.717) is 16.8 Å². The summed E-state index contributed by atoms with van der Waals surface area (Å²) in [7, 11) is -3.87. The number of hydrogen-bond acceptors (Lipinski definition) is 7. The molecule has 0 aliphatic heterocycles. The van der Waals surface area contributed by atoms with Crippen molar-refractivity contribution in [1.82, 2.24) is 13.9 Å². The van der Waals surface area contributed by atoms with Crippen LogP contribution in [0.2, 0.25) is 5.02 Å². The van der Waals surface area contributed by atoms with Gasteiger partial charge in [-0.1, -0.05) is 22.8 Å². The number of fused-ring (bicyclic) bond motifs is 1. The zero-order chi connectivity index (χ0) is 14.3. The molecule has 20 heavy (non-hydrogen) atoms. The number of aryl methyl sites for hydroxylation is 1. The Balaban J connectivity index is 2.08. The largest absolute Gasteiger partial charge is 0.358 e.